The molecule has 1 aliphatic rings. The van der Waals surface area contributed by atoms with Crippen LogP contribution >= 0.6 is 0 Å². The Balaban J connectivity index is 2.60. The largest absolute Gasteiger partial charge is 0.469 e. The van der Waals surface area contributed by atoms with E-state index >= 15 is 0 Å². The van der Waals surface area contributed by atoms with E-state index in [4.69, 9.17) is 0 Å². The third-order valence-electron chi connectivity index (χ3n) is 3.49. The smallest absolute Gasteiger partial charge is 0.305 e. The molecule has 1 unspecified atom stereocenters. The molecule has 0 bridgehead atoms. The molecule has 0 saturated carbocycles. The molecule has 7 heteroatoms. The maximum atomic E-state index is 12.4. The van der Waals surface area contributed by atoms with E-state index in [2.05, 4.69) is 10.1 Å². The van der Waals surface area contributed by atoms with Crippen LogP contribution in [0.5, 0.6) is 0 Å². The van der Waals surface area contributed by atoms with E-state index < -0.39 is 10.0 Å². The lowest BCUT2D eigenvalue weighted by Gasteiger charge is -2.33. The number of methoxy groups -OCH3 is 1. The quantitative estimate of drug-likeness (QED) is 0.669. The van der Waals surface area contributed by atoms with Crippen molar-refractivity contribution >= 4 is 16.0 Å². The van der Waals surface area contributed by atoms with E-state index in [1.165, 1.54) is 7.11 Å². The molecule has 1 rings (SSSR count). The molecule has 1 saturated heterocycles. The number of piperidine rings is 1. The van der Waals surface area contributed by atoms with Gasteiger partial charge in [0.05, 0.1) is 12.9 Å². The SMILES string of the molecule is CCCN(C1CCCNC1)S(=O)(=O)CCCC(=O)OC. The topological polar surface area (TPSA) is 75.7 Å². The number of hydrogen-bond acceptors (Lipinski definition) is 5. The summed E-state index contributed by atoms with van der Waals surface area (Å²) in [6, 6.07) is 0.0480. The van der Waals surface area contributed by atoms with Gasteiger partial charge in [-0.15, -0.1) is 0 Å². The van der Waals surface area contributed by atoms with Gasteiger partial charge in [0, 0.05) is 25.6 Å². The Bertz CT molecular complexity index is 391. The van der Waals surface area contributed by atoms with E-state index in [1.807, 2.05) is 6.92 Å². The monoisotopic (exact) mass is 306 g/mol. The molecule has 1 N–H and O–H groups in total. The summed E-state index contributed by atoms with van der Waals surface area (Å²) in [5.41, 5.74) is 0. The fraction of sp³-hybridized carbons (Fsp3) is 0.923. The second kappa shape index (κ2) is 8.59. The van der Waals surface area contributed by atoms with Crippen LogP contribution in [0, 0.1) is 0 Å². The molecule has 1 heterocycles. The summed E-state index contributed by atoms with van der Waals surface area (Å²) < 4.78 is 31.0. The third-order valence-corrected chi connectivity index (χ3v) is 5.49. The Labute approximate surface area is 121 Å². The van der Waals surface area contributed by atoms with Gasteiger partial charge in [-0.05, 0) is 32.2 Å². The molecular weight excluding hydrogens is 280 g/mol. The summed E-state index contributed by atoms with van der Waals surface area (Å²) in [7, 11) is -1.99. The fourth-order valence-electron chi connectivity index (χ4n) is 2.47. The van der Waals surface area contributed by atoms with E-state index in [0.29, 0.717) is 13.0 Å². The van der Waals surface area contributed by atoms with Gasteiger partial charge in [-0.3, -0.25) is 4.79 Å². The zero-order valence-corrected chi connectivity index (χ0v) is 13.2. The van der Waals surface area contributed by atoms with E-state index in [9.17, 15) is 13.2 Å². The van der Waals surface area contributed by atoms with Gasteiger partial charge < -0.3 is 10.1 Å². The van der Waals surface area contributed by atoms with Crippen LogP contribution in [0.15, 0.2) is 0 Å². The summed E-state index contributed by atoms with van der Waals surface area (Å²) in [6.07, 6.45) is 3.17. The minimum atomic E-state index is -3.30. The van der Waals surface area contributed by atoms with Crippen molar-refractivity contribution < 1.29 is 17.9 Å². The number of esters is 1. The van der Waals surface area contributed by atoms with Crippen molar-refractivity contribution in [2.24, 2.45) is 0 Å². The first-order valence-corrected chi connectivity index (χ1v) is 8.89. The van der Waals surface area contributed by atoms with Crippen LogP contribution < -0.4 is 5.32 Å². The first-order chi connectivity index (χ1) is 9.51. The highest BCUT2D eigenvalue weighted by atomic mass is 32.2. The number of sulfonamides is 1. The van der Waals surface area contributed by atoms with Gasteiger partial charge >= 0.3 is 5.97 Å². The van der Waals surface area contributed by atoms with Crippen molar-refractivity contribution in [3.8, 4) is 0 Å². The molecule has 0 aromatic rings. The summed E-state index contributed by atoms with van der Waals surface area (Å²) >= 11 is 0. The Morgan fingerprint density at radius 1 is 1.45 bits per heavy atom. The molecule has 20 heavy (non-hydrogen) atoms. The Morgan fingerprint density at radius 3 is 2.75 bits per heavy atom. The van der Waals surface area contributed by atoms with Crippen LogP contribution in [0.1, 0.15) is 39.0 Å². The number of carbonyl (C=O) groups is 1. The minimum Gasteiger partial charge on any atom is -0.469 e. The van der Waals surface area contributed by atoms with Crippen molar-refractivity contribution in [3.05, 3.63) is 0 Å². The van der Waals surface area contributed by atoms with Crippen LogP contribution in [0.4, 0.5) is 0 Å². The molecule has 0 aromatic carbocycles. The first kappa shape index (κ1) is 17.4. The Kier molecular flexibility index (Phi) is 7.47. The first-order valence-electron chi connectivity index (χ1n) is 7.28. The van der Waals surface area contributed by atoms with Gasteiger partial charge in [0.15, 0.2) is 0 Å². The van der Waals surface area contributed by atoms with Gasteiger partial charge in [0.1, 0.15) is 0 Å². The van der Waals surface area contributed by atoms with Gasteiger partial charge in [-0.25, -0.2) is 8.42 Å². The summed E-state index contributed by atoms with van der Waals surface area (Å²) in [5.74, 6) is -0.347. The summed E-state index contributed by atoms with van der Waals surface area (Å²) in [6.45, 7) is 4.20. The van der Waals surface area contributed by atoms with Crippen molar-refractivity contribution in [3.63, 3.8) is 0 Å². The van der Waals surface area contributed by atoms with Crippen molar-refractivity contribution in [1.29, 1.82) is 0 Å². The predicted octanol–water partition coefficient (Wildman–Crippen LogP) is 0.733. The standard InChI is InChI=1S/C13H26N2O4S/c1-3-9-15(12-6-4-8-14-11-12)20(17,18)10-5-7-13(16)19-2/h12,14H,3-11H2,1-2H3. The molecule has 118 valence electrons. The molecule has 1 aliphatic heterocycles. The van der Waals surface area contributed by atoms with E-state index in [1.54, 1.807) is 4.31 Å². The maximum absolute atomic E-state index is 12.4. The fourth-order valence-corrected chi connectivity index (χ4v) is 4.31. The number of rotatable bonds is 8. The van der Waals surface area contributed by atoms with Gasteiger partial charge in [0.25, 0.3) is 0 Å². The van der Waals surface area contributed by atoms with E-state index in [0.717, 1.165) is 32.4 Å². The number of ether oxygens (including phenoxy) is 1. The molecule has 1 atom stereocenters. The lowest BCUT2D eigenvalue weighted by atomic mass is 10.1. The van der Waals surface area contributed by atoms with Crippen LogP contribution in [-0.2, 0) is 19.6 Å². The Hall–Kier alpha value is -0.660. The van der Waals surface area contributed by atoms with Crippen LogP contribution in [-0.4, -0.2) is 57.2 Å². The number of nitrogens with one attached hydrogen (secondary N) is 1. The highest BCUT2D eigenvalue weighted by Gasteiger charge is 2.29. The molecular formula is C13H26N2O4S. The molecule has 6 nitrogen and oxygen atoms in total. The van der Waals surface area contributed by atoms with E-state index in [-0.39, 0.29) is 24.2 Å². The van der Waals surface area contributed by atoms with Crippen LogP contribution in [0.25, 0.3) is 0 Å². The van der Waals surface area contributed by atoms with Crippen molar-refractivity contribution in [2.75, 3.05) is 32.5 Å². The highest BCUT2D eigenvalue weighted by molar-refractivity contribution is 7.89. The van der Waals surface area contributed by atoms with Gasteiger partial charge in [-0.1, -0.05) is 6.92 Å². The Morgan fingerprint density at radius 2 is 2.20 bits per heavy atom. The molecule has 0 spiro atoms. The second-order valence-electron chi connectivity index (χ2n) is 5.11. The predicted molar refractivity (Wildman–Crippen MR) is 77.9 cm³/mol. The minimum absolute atomic E-state index is 0.0125. The molecule has 0 aromatic heterocycles. The zero-order chi connectivity index (χ0) is 15.0. The van der Waals surface area contributed by atoms with Crippen molar-refractivity contribution in [1.82, 2.24) is 9.62 Å². The average Bonchev–Trinajstić information content (AvgIpc) is 2.45. The average molecular weight is 306 g/mol. The van der Waals surface area contributed by atoms with Crippen LogP contribution in [0.2, 0.25) is 0 Å². The van der Waals surface area contributed by atoms with Crippen molar-refractivity contribution in [2.45, 2.75) is 45.1 Å². The molecule has 1 fully saturated rings. The lowest BCUT2D eigenvalue weighted by Crippen LogP contribution is -2.49. The van der Waals surface area contributed by atoms with Crippen LogP contribution in [0.3, 0.4) is 0 Å². The normalized spacial score (nSPS) is 20.1. The zero-order valence-electron chi connectivity index (χ0n) is 12.4. The summed E-state index contributed by atoms with van der Waals surface area (Å²) in [4.78, 5) is 11.1. The maximum Gasteiger partial charge on any atom is 0.305 e. The third kappa shape index (κ3) is 5.38. The lowest BCUT2D eigenvalue weighted by molar-refractivity contribution is -0.140. The molecule has 0 radical (unpaired) electrons. The highest BCUT2D eigenvalue weighted by Crippen LogP contribution is 2.17. The summed E-state index contributed by atoms with van der Waals surface area (Å²) in [5, 5.41) is 3.25. The molecule has 0 amide bonds. The molecule has 0 aliphatic carbocycles. The number of hydrogen-bond donors (Lipinski definition) is 1. The van der Waals surface area contributed by atoms with Gasteiger partial charge in [0.2, 0.25) is 10.0 Å². The second-order valence-corrected chi connectivity index (χ2v) is 7.15. The van der Waals surface area contributed by atoms with Gasteiger partial charge in [-0.2, -0.15) is 4.31 Å². The number of carbonyl (C=O) groups excluding carboxylic acids is 1. The number of nitrogens with zero attached hydrogens (tertiary/aromatic N) is 1.